The van der Waals surface area contributed by atoms with Gasteiger partial charge in [-0.1, -0.05) is 54.6 Å². The molecule has 2 aromatic carbocycles. The second kappa shape index (κ2) is 9.68. The molecule has 0 saturated carbocycles. The van der Waals surface area contributed by atoms with Crippen molar-refractivity contribution >= 4 is 17.8 Å². The highest BCUT2D eigenvalue weighted by atomic mass is 16.4. The highest BCUT2D eigenvalue weighted by Gasteiger charge is 2.24. The zero-order valence-corrected chi connectivity index (χ0v) is 16.4. The number of aliphatic carboxylic acids is 1. The van der Waals surface area contributed by atoms with Crippen molar-refractivity contribution in [3.8, 4) is 11.1 Å². The average Bonchev–Trinajstić information content (AvgIpc) is 3.25. The molecule has 9 nitrogen and oxygen atoms in total. The van der Waals surface area contributed by atoms with Gasteiger partial charge in [-0.25, -0.2) is 9.59 Å². The molecule has 3 rings (SSSR count). The van der Waals surface area contributed by atoms with Crippen molar-refractivity contribution in [3.05, 3.63) is 77.6 Å². The monoisotopic (exact) mass is 423 g/mol. The van der Waals surface area contributed by atoms with Crippen LogP contribution in [0.4, 0.5) is 0 Å². The van der Waals surface area contributed by atoms with Gasteiger partial charge in [0.2, 0.25) is 0 Å². The van der Waals surface area contributed by atoms with Crippen molar-refractivity contribution in [1.82, 2.24) is 15.5 Å². The quantitative estimate of drug-likeness (QED) is 0.353. The van der Waals surface area contributed by atoms with Crippen LogP contribution in [0.3, 0.4) is 0 Å². The molecule has 0 aliphatic carbocycles. The van der Waals surface area contributed by atoms with E-state index in [9.17, 15) is 19.5 Å². The van der Waals surface area contributed by atoms with Gasteiger partial charge in [0, 0.05) is 18.5 Å². The highest BCUT2D eigenvalue weighted by molar-refractivity contribution is 5.95. The summed E-state index contributed by atoms with van der Waals surface area (Å²) in [5.41, 5.74) is 2.49. The zero-order valence-electron chi connectivity index (χ0n) is 16.4. The number of carbonyl (C=O) groups excluding carboxylic acids is 1. The second-order valence-corrected chi connectivity index (χ2v) is 7.00. The minimum Gasteiger partial charge on any atom is -0.479 e. The summed E-state index contributed by atoms with van der Waals surface area (Å²) < 4.78 is 0. The lowest BCUT2D eigenvalue weighted by atomic mass is 9.97. The number of hydrogen-bond acceptors (Lipinski definition) is 5. The molecule has 0 unspecified atom stereocenters. The number of rotatable bonds is 9. The van der Waals surface area contributed by atoms with E-state index in [1.807, 2.05) is 54.6 Å². The van der Waals surface area contributed by atoms with E-state index in [1.54, 1.807) is 0 Å². The number of aromatic nitrogens is 2. The zero-order chi connectivity index (χ0) is 22.4. The molecule has 0 radical (unpaired) electrons. The highest BCUT2D eigenvalue weighted by Crippen LogP contribution is 2.20. The van der Waals surface area contributed by atoms with Crippen LogP contribution in [0.25, 0.3) is 11.1 Å². The van der Waals surface area contributed by atoms with Crippen LogP contribution in [0.5, 0.6) is 0 Å². The van der Waals surface area contributed by atoms with Crippen molar-refractivity contribution < 1.29 is 29.7 Å². The first-order valence-electron chi connectivity index (χ1n) is 9.48. The first kappa shape index (κ1) is 21.7. The Balaban J connectivity index is 1.74. The van der Waals surface area contributed by atoms with E-state index < -0.39 is 30.0 Å². The standard InChI is InChI=1S/C22H21N3O6/c26-19(22(30)31)11-16(23-20(27)17-12-18(21(28)29)25-24-17)10-13-6-8-15(9-7-13)14-4-2-1-3-5-14/h1-9,12,16,19,26H,10-11H2,(H,23,27)(H,24,25)(H,28,29)(H,30,31)/t16-,19-/m1/s1. The average molecular weight is 423 g/mol. The van der Waals surface area contributed by atoms with Gasteiger partial charge in [-0.15, -0.1) is 0 Å². The maximum Gasteiger partial charge on any atom is 0.353 e. The Morgan fingerprint density at radius 2 is 1.61 bits per heavy atom. The molecule has 0 aliphatic heterocycles. The predicted octanol–water partition coefficient (Wildman–Crippen LogP) is 1.95. The molecule has 5 N–H and O–H groups in total. The third-order valence-electron chi connectivity index (χ3n) is 4.71. The summed E-state index contributed by atoms with van der Waals surface area (Å²) in [6, 6.07) is 17.7. The topological polar surface area (TPSA) is 153 Å². The third-order valence-corrected chi connectivity index (χ3v) is 4.71. The van der Waals surface area contributed by atoms with Crippen molar-refractivity contribution in [2.45, 2.75) is 25.0 Å². The van der Waals surface area contributed by atoms with E-state index in [-0.39, 0.29) is 24.2 Å². The molecule has 1 amide bonds. The van der Waals surface area contributed by atoms with Gasteiger partial charge in [-0.3, -0.25) is 9.89 Å². The molecule has 3 aromatic rings. The van der Waals surface area contributed by atoms with Crippen LogP contribution in [0, 0.1) is 0 Å². The fraction of sp³-hybridized carbons (Fsp3) is 0.182. The molecule has 0 aliphatic rings. The predicted molar refractivity (Wildman–Crippen MR) is 111 cm³/mol. The molecule has 1 heterocycles. The number of nitrogens with zero attached hydrogens (tertiary/aromatic N) is 1. The number of hydrogen-bond donors (Lipinski definition) is 5. The molecule has 1 aromatic heterocycles. The van der Waals surface area contributed by atoms with Gasteiger partial charge >= 0.3 is 11.9 Å². The fourth-order valence-corrected chi connectivity index (χ4v) is 3.12. The Labute approximate surface area is 177 Å². The van der Waals surface area contributed by atoms with E-state index in [0.717, 1.165) is 22.8 Å². The van der Waals surface area contributed by atoms with Crippen LogP contribution in [-0.2, 0) is 11.2 Å². The summed E-state index contributed by atoms with van der Waals surface area (Å²) in [5.74, 6) is -3.33. The lowest BCUT2D eigenvalue weighted by Gasteiger charge is -2.20. The Morgan fingerprint density at radius 1 is 0.968 bits per heavy atom. The summed E-state index contributed by atoms with van der Waals surface area (Å²) in [6.07, 6.45) is -1.62. The minimum atomic E-state index is -1.66. The summed E-state index contributed by atoms with van der Waals surface area (Å²) in [7, 11) is 0. The van der Waals surface area contributed by atoms with E-state index in [2.05, 4.69) is 15.5 Å². The van der Waals surface area contributed by atoms with Gasteiger partial charge in [-0.05, 0) is 23.1 Å². The Morgan fingerprint density at radius 3 is 2.19 bits per heavy atom. The second-order valence-electron chi connectivity index (χ2n) is 7.00. The van der Waals surface area contributed by atoms with Gasteiger partial charge in [0.1, 0.15) is 5.69 Å². The number of nitrogens with one attached hydrogen (secondary N) is 2. The van der Waals surface area contributed by atoms with Crippen LogP contribution < -0.4 is 5.32 Å². The summed E-state index contributed by atoms with van der Waals surface area (Å²) >= 11 is 0. The van der Waals surface area contributed by atoms with Crippen LogP contribution in [0.15, 0.2) is 60.7 Å². The van der Waals surface area contributed by atoms with Gasteiger partial charge in [-0.2, -0.15) is 5.10 Å². The number of aliphatic hydroxyl groups excluding tert-OH is 1. The number of aromatic carboxylic acids is 1. The molecule has 9 heteroatoms. The lowest BCUT2D eigenvalue weighted by Crippen LogP contribution is -2.40. The number of carbonyl (C=O) groups is 3. The largest absolute Gasteiger partial charge is 0.479 e. The fourth-order valence-electron chi connectivity index (χ4n) is 3.12. The Kier molecular flexibility index (Phi) is 6.78. The van der Waals surface area contributed by atoms with Crippen LogP contribution in [0.1, 0.15) is 33.0 Å². The number of carboxylic acids is 2. The molecule has 0 spiro atoms. The molecular weight excluding hydrogens is 402 g/mol. The molecule has 0 saturated heterocycles. The minimum absolute atomic E-state index is 0.147. The molecular formula is C22H21N3O6. The van der Waals surface area contributed by atoms with Crippen LogP contribution >= 0.6 is 0 Å². The van der Waals surface area contributed by atoms with E-state index in [4.69, 9.17) is 10.2 Å². The number of benzene rings is 2. The Bertz CT molecular complexity index is 1060. The number of aliphatic hydroxyl groups is 1. The summed E-state index contributed by atoms with van der Waals surface area (Å²) in [4.78, 5) is 34.5. The summed E-state index contributed by atoms with van der Waals surface area (Å²) in [6.45, 7) is 0. The lowest BCUT2D eigenvalue weighted by molar-refractivity contribution is -0.147. The first-order chi connectivity index (χ1) is 14.8. The normalized spacial score (nSPS) is 12.7. The number of carboxylic acid groups (broad SMARTS) is 2. The van der Waals surface area contributed by atoms with Gasteiger partial charge in [0.25, 0.3) is 5.91 Å². The number of aromatic amines is 1. The van der Waals surface area contributed by atoms with Crippen molar-refractivity contribution in [3.63, 3.8) is 0 Å². The van der Waals surface area contributed by atoms with Crippen molar-refractivity contribution in [2.24, 2.45) is 0 Å². The van der Waals surface area contributed by atoms with Crippen LogP contribution in [0.2, 0.25) is 0 Å². The third kappa shape index (κ3) is 5.77. The maximum atomic E-state index is 12.5. The smallest absolute Gasteiger partial charge is 0.353 e. The molecule has 0 bridgehead atoms. The first-order valence-corrected chi connectivity index (χ1v) is 9.48. The van der Waals surface area contributed by atoms with Gasteiger partial charge in [0.15, 0.2) is 11.8 Å². The van der Waals surface area contributed by atoms with Crippen molar-refractivity contribution in [2.75, 3.05) is 0 Å². The molecule has 2 atom stereocenters. The van der Waals surface area contributed by atoms with Gasteiger partial charge < -0.3 is 20.6 Å². The molecule has 31 heavy (non-hydrogen) atoms. The van der Waals surface area contributed by atoms with E-state index in [1.165, 1.54) is 0 Å². The molecule has 160 valence electrons. The molecule has 0 fully saturated rings. The number of amides is 1. The SMILES string of the molecule is O=C(N[C@H](Cc1ccc(-c2ccccc2)cc1)C[C@@H](O)C(=O)O)c1cc(C(=O)O)[nH]n1. The Hall–Kier alpha value is -3.98. The van der Waals surface area contributed by atoms with Crippen LogP contribution in [-0.4, -0.2) is 55.5 Å². The van der Waals surface area contributed by atoms with E-state index in [0.29, 0.717) is 0 Å². The number of H-pyrrole nitrogens is 1. The van der Waals surface area contributed by atoms with Gasteiger partial charge in [0.05, 0.1) is 0 Å². The maximum absolute atomic E-state index is 12.5. The van der Waals surface area contributed by atoms with E-state index >= 15 is 0 Å². The summed E-state index contributed by atoms with van der Waals surface area (Å²) in [5, 5.41) is 36.3. The van der Waals surface area contributed by atoms with Crippen molar-refractivity contribution in [1.29, 1.82) is 0 Å².